The van der Waals surface area contributed by atoms with Gasteiger partial charge in [-0.25, -0.2) is 4.79 Å². The van der Waals surface area contributed by atoms with Gasteiger partial charge in [-0.15, -0.1) is 0 Å². The Morgan fingerprint density at radius 3 is 2.57 bits per heavy atom. The molecule has 1 fully saturated rings. The molecular weight excluding hydrogens is 374 g/mol. The molecule has 1 aromatic carbocycles. The predicted octanol–water partition coefficient (Wildman–Crippen LogP) is 3.01. The van der Waals surface area contributed by atoms with Crippen LogP contribution >= 0.6 is 11.8 Å². The largest absolute Gasteiger partial charge is 0.344 e. The van der Waals surface area contributed by atoms with Crippen molar-refractivity contribution in [2.75, 3.05) is 18.6 Å². The number of carbonyl (C=O) groups excluding carboxylic acids is 3. The lowest BCUT2D eigenvalue weighted by Gasteiger charge is -2.13. The molecule has 1 aliphatic heterocycles. The number of ketones is 1. The van der Waals surface area contributed by atoms with Gasteiger partial charge < -0.3 is 9.88 Å². The van der Waals surface area contributed by atoms with Crippen LogP contribution in [0.1, 0.15) is 33.7 Å². The van der Waals surface area contributed by atoms with Crippen LogP contribution in [-0.4, -0.2) is 51.8 Å². The standard InChI is InChI=1S/C21H25N3O3S/c1-14-11-17(15(2)23(14)12-16-7-5-4-6-8-16)19(25)13-24-20(26)18(9-10-28-3)22-21(24)27/h4-8,11,18H,9-10,12-13H2,1-3H3,(H,22,27). The average molecular weight is 400 g/mol. The van der Waals surface area contributed by atoms with Crippen LogP contribution in [0.3, 0.4) is 0 Å². The van der Waals surface area contributed by atoms with E-state index < -0.39 is 12.1 Å². The van der Waals surface area contributed by atoms with Gasteiger partial charge in [0.1, 0.15) is 6.04 Å². The van der Waals surface area contributed by atoms with Crippen molar-refractivity contribution >= 4 is 29.5 Å². The number of nitrogens with one attached hydrogen (secondary N) is 1. The first-order chi connectivity index (χ1) is 13.4. The zero-order valence-electron chi connectivity index (χ0n) is 16.4. The molecule has 7 heteroatoms. The number of nitrogens with zero attached hydrogens (tertiary/aromatic N) is 2. The third kappa shape index (κ3) is 4.14. The van der Waals surface area contributed by atoms with Gasteiger partial charge in [-0.05, 0) is 43.9 Å². The van der Waals surface area contributed by atoms with Crippen LogP contribution in [0, 0.1) is 13.8 Å². The van der Waals surface area contributed by atoms with Crippen LogP contribution in [0.2, 0.25) is 0 Å². The number of urea groups is 1. The van der Waals surface area contributed by atoms with Gasteiger partial charge in [0.25, 0.3) is 5.91 Å². The van der Waals surface area contributed by atoms with E-state index in [4.69, 9.17) is 0 Å². The Morgan fingerprint density at radius 1 is 1.18 bits per heavy atom. The fraction of sp³-hybridized carbons (Fsp3) is 0.381. The van der Waals surface area contributed by atoms with Gasteiger partial charge >= 0.3 is 6.03 Å². The van der Waals surface area contributed by atoms with Gasteiger partial charge in [-0.3, -0.25) is 14.5 Å². The summed E-state index contributed by atoms with van der Waals surface area (Å²) in [7, 11) is 0. The van der Waals surface area contributed by atoms with Crippen LogP contribution in [0.4, 0.5) is 4.79 Å². The third-order valence-corrected chi connectivity index (χ3v) is 5.72. The van der Waals surface area contributed by atoms with Crippen molar-refractivity contribution in [2.24, 2.45) is 0 Å². The van der Waals surface area contributed by atoms with Crippen molar-refractivity contribution in [3.8, 4) is 0 Å². The Balaban J connectivity index is 1.74. The molecule has 0 bridgehead atoms. The van der Waals surface area contributed by atoms with E-state index in [-0.39, 0.29) is 18.2 Å². The molecule has 0 saturated carbocycles. The second-order valence-corrected chi connectivity index (χ2v) is 7.97. The highest BCUT2D eigenvalue weighted by molar-refractivity contribution is 7.98. The Bertz CT molecular complexity index is 892. The molecule has 2 heterocycles. The summed E-state index contributed by atoms with van der Waals surface area (Å²) >= 11 is 1.62. The number of aromatic nitrogens is 1. The van der Waals surface area contributed by atoms with Gasteiger partial charge in [0.2, 0.25) is 0 Å². The van der Waals surface area contributed by atoms with Gasteiger partial charge in [-0.2, -0.15) is 11.8 Å². The average Bonchev–Trinajstić information content (AvgIpc) is 3.11. The highest BCUT2D eigenvalue weighted by atomic mass is 32.2. The Kier molecular flexibility index (Phi) is 6.24. The molecule has 1 N–H and O–H groups in total. The summed E-state index contributed by atoms with van der Waals surface area (Å²) in [6, 6.07) is 10.9. The molecule has 1 saturated heterocycles. The van der Waals surface area contributed by atoms with Gasteiger partial charge in [-0.1, -0.05) is 30.3 Å². The summed E-state index contributed by atoms with van der Waals surface area (Å²) in [5, 5.41) is 2.68. The molecule has 28 heavy (non-hydrogen) atoms. The summed E-state index contributed by atoms with van der Waals surface area (Å²) in [6.07, 6.45) is 2.52. The van der Waals surface area contributed by atoms with E-state index in [1.807, 2.05) is 56.5 Å². The molecule has 1 unspecified atom stereocenters. The SMILES string of the molecule is CSCCC1NC(=O)N(CC(=O)c2cc(C)n(Cc3ccccc3)c2C)C1=O. The molecule has 1 aromatic heterocycles. The minimum atomic E-state index is -0.529. The number of Topliss-reactive ketones (excluding diaryl/α,β-unsaturated/α-hetero) is 1. The zero-order chi connectivity index (χ0) is 20.3. The minimum absolute atomic E-state index is 0.221. The Labute approximate surface area is 169 Å². The van der Waals surface area contributed by atoms with Crippen LogP contribution in [0.5, 0.6) is 0 Å². The number of benzene rings is 1. The smallest absolute Gasteiger partial charge is 0.325 e. The van der Waals surface area contributed by atoms with Crippen molar-refractivity contribution in [3.05, 3.63) is 58.9 Å². The second-order valence-electron chi connectivity index (χ2n) is 6.99. The van der Waals surface area contributed by atoms with E-state index in [2.05, 4.69) is 9.88 Å². The molecule has 0 spiro atoms. The lowest BCUT2D eigenvalue weighted by atomic mass is 10.1. The summed E-state index contributed by atoms with van der Waals surface area (Å²) in [6.45, 7) is 4.30. The molecule has 3 rings (SSSR count). The predicted molar refractivity (Wildman–Crippen MR) is 111 cm³/mol. The van der Waals surface area contributed by atoms with Crippen molar-refractivity contribution in [1.29, 1.82) is 0 Å². The molecule has 0 radical (unpaired) electrons. The number of thioether (sulfide) groups is 1. The highest BCUT2D eigenvalue weighted by Gasteiger charge is 2.38. The minimum Gasteiger partial charge on any atom is -0.344 e. The van der Waals surface area contributed by atoms with E-state index >= 15 is 0 Å². The Hall–Kier alpha value is -2.54. The van der Waals surface area contributed by atoms with Crippen molar-refractivity contribution in [3.63, 3.8) is 0 Å². The molecule has 6 nitrogen and oxygen atoms in total. The summed E-state index contributed by atoms with van der Waals surface area (Å²) in [4.78, 5) is 38.5. The molecule has 0 aliphatic carbocycles. The monoisotopic (exact) mass is 399 g/mol. The van der Waals surface area contributed by atoms with Crippen LogP contribution in [-0.2, 0) is 11.3 Å². The molecular formula is C21H25N3O3S. The maximum atomic E-state index is 12.9. The van der Waals surface area contributed by atoms with Gasteiger partial charge in [0.05, 0.1) is 6.54 Å². The van der Waals surface area contributed by atoms with Crippen molar-refractivity contribution in [1.82, 2.24) is 14.8 Å². The van der Waals surface area contributed by atoms with E-state index in [0.29, 0.717) is 18.5 Å². The van der Waals surface area contributed by atoms with Gasteiger partial charge in [0.15, 0.2) is 5.78 Å². The lowest BCUT2D eigenvalue weighted by molar-refractivity contribution is -0.127. The highest BCUT2D eigenvalue weighted by Crippen LogP contribution is 2.19. The van der Waals surface area contributed by atoms with Crippen molar-refractivity contribution < 1.29 is 14.4 Å². The molecule has 3 amide bonds. The van der Waals surface area contributed by atoms with Gasteiger partial charge in [0, 0.05) is 23.5 Å². The fourth-order valence-corrected chi connectivity index (χ4v) is 3.95. The van der Waals surface area contributed by atoms with E-state index in [9.17, 15) is 14.4 Å². The summed E-state index contributed by atoms with van der Waals surface area (Å²) < 4.78 is 2.08. The zero-order valence-corrected chi connectivity index (χ0v) is 17.2. The van der Waals surface area contributed by atoms with E-state index in [1.54, 1.807) is 11.8 Å². The number of rotatable bonds is 8. The molecule has 2 aromatic rings. The quantitative estimate of drug-likeness (QED) is 0.547. The second kappa shape index (κ2) is 8.65. The number of amides is 3. The first-order valence-electron chi connectivity index (χ1n) is 9.27. The first kappa shape index (κ1) is 20.2. The molecule has 1 atom stereocenters. The maximum absolute atomic E-state index is 12.9. The number of aryl methyl sites for hydroxylation is 1. The lowest BCUT2D eigenvalue weighted by Crippen LogP contribution is -2.36. The molecule has 1 aliphatic rings. The van der Waals surface area contributed by atoms with Crippen LogP contribution in [0.25, 0.3) is 0 Å². The van der Waals surface area contributed by atoms with E-state index in [1.165, 1.54) is 0 Å². The number of carbonyl (C=O) groups is 3. The fourth-order valence-electron chi connectivity index (χ4n) is 3.48. The summed E-state index contributed by atoms with van der Waals surface area (Å²) in [5.41, 5.74) is 3.52. The summed E-state index contributed by atoms with van der Waals surface area (Å²) in [5.74, 6) is 0.242. The van der Waals surface area contributed by atoms with Crippen molar-refractivity contribution in [2.45, 2.75) is 32.9 Å². The maximum Gasteiger partial charge on any atom is 0.325 e. The normalized spacial score (nSPS) is 16.5. The Morgan fingerprint density at radius 2 is 1.89 bits per heavy atom. The van der Waals surface area contributed by atoms with Crippen LogP contribution < -0.4 is 5.32 Å². The topological polar surface area (TPSA) is 71.4 Å². The first-order valence-corrected chi connectivity index (χ1v) is 10.7. The number of hydrogen-bond acceptors (Lipinski definition) is 4. The van der Waals surface area contributed by atoms with E-state index in [0.717, 1.165) is 27.6 Å². The molecule has 148 valence electrons. The number of hydrogen-bond donors (Lipinski definition) is 1. The number of imide groups is 1. The third-order valence-electron chi connectivity index (χ3n) is 5.08. The van der Waals surface area contributed by atoms with Crippen LogP contribution in [0.15, 0.2) is 36.4 Å².